The van der Waals surface area contributed by atoms with E-state index in [0.717, 1.165) is 43.4 Å². The van der Waals surface area contributed by atoms with Crippen molar-refractivity contribution in [1.29, 1.82) is 0 Å². The molecule has 0 unspecified atom stereocenters. The number of hydrogen-bond acceptors (Lipinski definition) is 6. The molecule has 1 aliphatic rings. The van der Waals surface area contributed by atoms with Gasteiger partial charge in [-0.05, 0) is 44.2 Å². The van der Waals surface area contributed by atoms with Crippen LogP contribution in [-0.2, 0) is 19.4 Å². The summed E-state index contributed by atoms with van der Waals surface area (Å²) < 4.78 is 12.7. The van der Waals surface area contributed by atoms with Gasteiger partial charge in [0.15, 0.2) is 0 Å². The molecule has 1 aliphatic carbocycles. The number of imidazole rings is 1. The van der Waals surface area contributed by atoms with Crippen molar-refractivity contribution in [2.24, 2.45) is 5.73 Å². The topological polar surface area (TPSA) is 125 Å². The van der Waals surface area contributed by atoms with E-state index in [1.807, 2.05) is 11.5 Å². The van der Waals surface area contributed by atoms with Crippen LogP contribution >= 0.6 is 0 Å². The number of nitrogens with zero attached hydrogens (tertiary/aromatic N) is 3. The van der Waals surface area contributed by atoms with Crippen molar-refractivity contribution in [1.82, 2.24) is 14.7 Å². The minimum absolute atomic E-state index is 0.236. The third-order valence-electron chi connectivity index (χ3n) is 5.15. The Hall–Kier alpha value is -3.36. The highest BCUT2D eigenvalue weighted by atomic mass is 16.5. The molecular formula is C20H23N5O4. The molecule has 0 aliphatic heterocycles. The summed E-state index contributed by atoms with van der Waals surface area (Å²) in [4.78, 5) is 29.1. The largest absolute Gasteiger partial charge is 0.494 e. The first kappa shape index (κ1) is 19.0. The van der Waals surface area contributed by atoms with Gasteiger partial charge in [-0.25, -0.2) is 4.98 Å². The fraction of sp³-hybridized carbons (Fsp3) is 0.400. The standard InChI is InChI=1S/C20H23N5O4/c1-3-8-25-16-14(9-11(18(21)26)10-15(16)28-2)22-20(25)23-19(27)17-12-6-4-5-7-13(12)24-29-17/h9-10H,3-8H2,1-2H3,(H2,21,26)(H,22,23,27). The van der Waals surface area contributed by atoms with Crippen molar-refractivity contribution in [3.63, 3.8) is 0 Å². The number of primary amides is 1. The number of benzene rings is 1. The van der Waals surface area contributed by atoms with Gasteiger partial charge in [0.1, 0.15) is 11.3 Å². The first-order valence-corrected chi connectivity index (χ1v) is 9.70. The maximum atomic E-state index is 12.9. The number of nitrogens with two attached hydrogens (primary N) is 1. The minimum atomic E-state index is -0.575. The summed E-state index contributed by atoms with van der Waals surface area (Å²) in [7, 11) is 1.52. The average Bonchev–Trinajstić information content (AvgIpc) is 3.29. The van der Waals surface area contributed by atoms with Crippen molar-refractivity contribution >= 4 is 28.8 Å². The molecule has 2 aromatic heterocycles. The highest BCUT2D eigenvalue weighted by Crippen LogP contribution is 2.31. The van der Waals surface area contributed by atoms with Crippen LogP contribution in [-0.4, -0.2) is 33.6 Å². The lowest BCUT2D eigenvalue weighted by atomic mass is 9.96. The molecule has 0 bridgehead atoms. The summed E-state index contributed by atoms with van der Waals surface area (Å²) in [5.74, 6) is 0.0960. The summed E-state index contributed by atoms with van der Waals surface area (Å²) in [6, 6.07) is 3.18. The van der Waals surface area contributed by atoms with E-state index >= 15 is 0 Å². The fourth-order valence-electron chi connectivity index (χ4n) is 3.79. The van der Waals surface area contributed by atoms with Crippen molar-refractivity contribution in [2.45, 2.75) is 45.6 Å². The second-order valence-electron chi connectivity index (χ2n) is 7.10. The van der Waals surface area contributed by atoms with E-state index in [1.165, 1.54) is 7.11 Å². The van der Waals surface area contributed by atoms with Crippen molar-refractivity contribution in [3.05, 3.63) is 34.7 Å². The number of anilines is 1. The summed E-state index contributed by atoms with van der Waals surface area (Å²) in [5.41, 5.74) is 8.65. The van der Waals surface area contributed by atoms with E-state index < -0.39 is 5.91 Å². The minimum Gasteiger partial charge on any atom is -0.494 e. The van der Waals surface area contributed by atoms with Crippen LogP contribution in [0.25, 0.3) is 11.0 Å². The molecule has 2 amide bonds. The molecule has 29 heavy (non-hydrogen) atoms. The molecular weight excluding hydrogens is 374 g/mol. The molecule has 0 fully saturated rings. The van der Waals surface area contributed by atoms with Gasteiger partial charge in [0.2, 0.25) is 17.6 Å². The zero-order valence-electron chi connectivity index (χ0n) is 16.4. The Balaban J connectivity index is 1.76. The zero-order valence-corrected chi connectivity index (χ0v) is 16.4. The number of fused-ring (bicyclic) bond motifs is 2. The molecule has 0 spiro atoms. The maximum Gasteiger partial charge on any atom is 0.296 e. The van der Waals surface area contributed by atoms with Gasteiger partial charge < -0.3 is 19.6 Å². The second kappa shape index (κ2) is 7.57. The number of ether oxygens (including phenoxy) is 1. The van der Waals surface area contributed by atoms with Gasteiger partial charge in [-0.3, -0.25) is 14.9 Å². The van der Waals surface area contributed by atoms with Gasteiger partial charge in [-0.1, -0.05) is 12.1 Å². The number of aromatic nitrogens is 3. The Bertz CT molecular complexity index is 1100. The van der Waals surface area contributed by atoms with Crippen molar-refractivity contribution < 1.29 is 18.8 Å². The average molecular weight is 397 g/mol. The molecule has 0 atom stereocenters. The number of rotatable bonds is 6. The molecule has 9 nitrogen and oxygen atoms in total. The second-order valence-corrected chi connectivity index (χ2v) is 7.10. The summed E-state index contributed by atoms with van der Waals surface area (Å²) in [5, 5.41) is 6.89. The number of methoxy groups -OCH3 is 1. The van der Waals surface area contributed by atoms with Gasteiger partial charge in [-0.2, -0.15) is 0 Å². The Morgan fingerprint density at radius 1 is 1.31 bits per heavy atom. The quantitative estimate of drug-likeness (QED) is 0.659. The number of carbonyl (C=O) groups is 2. The van der Waals surface area contributed by atoms with Crippen LogP contribution in [0.15, 0.2) is 16.7 Å². The van der Waals surface area contributed by atoms with Crippen LogP contribution in [0.4, 0.5) is 5.95 Å². The van der Waals surface area contributed by atoms with Gasteiger partial charge in [0, 0.05) is 17.7 Å². The Morgan fingerprint density at radius 3 is 2.83 bits per heavy atom. The molecule has 9 heteroatoms. The first-order valence-electron chi connectivity index (χ1n) is 9.70. The maximum absolute atomic E-state index is 12.9. The van der Waals surface area contributed by atoms with Crippen LogP contribution < -0.4 is 15.8 Å². The lowest BCUT2D eigenvalue weighted by Gasteiger charge is -2.12. The molecule has 1 aromatic carbocycles. The molecule has 3 aromatic rings. The van der Waals surface area contributed by atoms with E-state index in [1.54, 1.807) is 12.1 Å². The third kappa shape index (κ3) is 3.32. The summed E-state index contributed by atoms with van der Waals surface area (Å²) in [6.45, 7) is 2.63. The molecule has 152 valence electrons. The Kier molecular flexibility index (Phi) is 4.96. The predicted molar refractivity (Wildman–Crippen MR) is 106 cm³/mol. The molecule has 0 saturated carbocycles. The Morgan fingerprint density at radius 2 is 2.10 bits per heavy atom. The van der Waals surface area contributed by atoms with Crippen LogP contribution in [0.3, 0.4) is 0 Å². The summed E-state index contributed by atoms with van der Waals surface area (Å²) >= 11 is 0. The number of amides is 2. The van der Waals surface area contributed by atoms with E-state index in [9.17, 15) is 9.59 Å². The third-order valence-corrected chi connectivity index (χ3v) is 5.15. The van der Waals surface area contributed by atoms with Gasteiger partial charge in [0.25, 0.3) is 5.91 Å². The van der Waals surface area contributed by atoms with E-state index in [2.05, 4.69) is 15.5 Å². The fourth-order valence-corrected chi connectivity index (χ4v) is 3.79. The monoisotopic (exact) mass is 397 g/mol. The van der Waals surface area contributed by atoms with E-state index in [0.29, 0.717) is 29.3 Å². The molecule has 2 heterocycles. The molecule has 0 radical (unpaired) electrons. The van der Waals surface area contributed by atoms with Gasteiger partial charge in [-0.15, -0.1) is 0 Å². The SMILES string of the molecule is CCCn1c(NC(=O)c2onc3c2CCCC3)nc2cc(C(N)=O)cc(OC)c21. The number of hydrogen-bond donors (Lipinski definition) is 2. The smallest absolute Gasteiger partial charge is 0.296 e. The molecule has 0 saturated heterocycles. The number of aryl methyl sites for hydroxylation is 2. The highest BCUT2D eigenvalue weighted by Gasteiger charge is 2.26. The molecule has 3 N–H and O–H groups in total. The number of nitrogens with one attached hydrogen (secondary N) is 1. The Labute approximate surface area is 167 Å². The normalized spacial score (nSPS) is 13.3. The van der Waals surface area contributed by atoms with Crippen LogP contribution in [0.2, 0.25) is 0 Å². The highest BCUT2D eigenvalue weighted by molar-refractivity contribution is 6.04. The van der Waals surface area contributed by atoms with Crippen LogP contribution in [0, 0.1) is 0 Å². The van der Waals surface area contributed by atoms with Gasteiger partial charge in [0.05, 0.1) is 18.3 Å². The summed E-state index contributed by atoms with van der Waals surface area (Å²) in [6.07, 6.45) is 4.48. The van der Waals surface area contributed by atoms with Crippen LogP contribution in [0.5, 0.6) is 5.75 Å². The van der Waals surface area contributed by atoms with Crippen molar-refractivity contribution in [3.8, 4) is 5.75 Å². The van der Waals surface area contributed by atoms with Crippen LogP contribution in [0.1, 0.15) is 58.4 Å². The zero-order chi connectivity index (χ0) is 20.5. The van der Waals surface area contributed by atoms with E-state index in [-0.39, 0.29) is 17.2 Å². The van der Waals surface area contributed by atoms with Crippen molar-refractivity contribution in [2.75, 3.05) is 12.4 Å². The van der Waals surface area contributed by atoms with Gasteiger partial charge >= 0.3 is 0 Å². The van der Waals surface area contributed by atoms with E-state index in [4.69, 9.17) is 15.0 Å². The lowest BCUT2D eigenvalue weighted by molar-refractivity contribution is 0.0982. The number of carbonyl (C=O) groups excluding carboxylic acids is 2. The first-order chi connectivity index (χ1) is 14.0. The predicted octanol–water partition coefficient (Wildman–Crippen LogP) is 2.67. The molecule has 4 rings (SSSR count). The lowest BCUT2D eigenvalue weighted by Crippen LogP contribution is -2.18.